The lowest BCUT2D eigenvalue weighted by atomic mass is 9.76. The van der Waals surface area contributed by atoms with Gasteiger partial charge in [-0.25, -0.2) is 0 Å². The van der Waals surface area contributed by atoms with Crippen molar-refractivity contribution >= 4 is 0 Å². The highest BCUT2D eigenvalue weighted by Gasteiger charge is 2.27. The van der Waals surface area contributed by atoms with Crippen molar-refractivity contribution in [3.8, 4) is 0 Å². The van der Waals surface area contributed by atoms with Crippen LogP contribution in [0, 0.1) is 11.8 Å². The summed E-state index contributed by atoms with van der Waals surface area (Å²) in [6, 6.07) is 0.752. The van der Waals surface area contributed by atoms with Crippen LogP contribution in [0.2, 0.25) is 0 Å². The van der Waals surface area contributed by atoms with E-state index in [0.29, 0.717) is 0 Å². The van der Waals surface area contributed by atoms with Gasteiger partial charge in [-0.3, -0.25) is 0 Å². The van der Waals surface area contributed by atoms with Crippen molar-refractivity contribution in [3.05, 3.63) is 0 Å². The lowest BCUT2D eigenvalue weighted by Crippen LogP contribution is -2.40. The van der Waals surface area contributed by atoms with Crippen LogP contribution in [0.25, 0.3) is 0 Å². The van der Waals surface area contributed by atoms with Crippen LogP contribution in [0.1, 0.15) is 58.8 Å². The molecule has 0 radical (unpaired) electrons. The molecular weight excluding hydrogens is 220 g/mol. The quantitative estimate of drug-likeness (QED) is 0.713. The molecular formula is C16H34N2. The van der Waals surface area contributed by atoms with E-state index in [9.17, 15) is 0 Å². The Kier molecular flexibility index (Phi) is 7.92. The molecule has 0 heterocycles. The average molecular weight is 254 g/mol. The van der Waals surface area contributed by atoms with Crippen molar-refractivity contribution in [3.63, 3.8) is 0 Å². The first-order chi connectivity index (χ1) is 8.67. The molecule has 0 aliphatic heterocycles. The molecule has 3 unspecified atom stereocenters. The predicted octanol–water partition coefficient (Wildman–Crippen LogP) is 3.52. The SMILES string of the molecule is CCCNC(CCN(C)C)C1CCCC(CC)C1. The van der Waals surface area contributed by atoms with Gasteiger partial charge in [-0.15, -0.1) is 0 Å². The van der Waals surface area contributed by atoms with Gasteiger partial charge in [0.25, 0.3) is 0 Å². The van der Waals surface area contributed by atoms with Gasteiger partial charge >= 0.3 is 0 Å². The molecule has 1 N–H and O–H groups in total. The Balaban J connectivity index is 2.45. The molecule has 18 heavy (non-hydrogen) atoms. The molecule has 0 aromatic heterocycles. The molecule has 1 fully saturated rings. The minimum atomic E-state index is 0.752. The van der Waals surface area contributed by atoms with Crippen LogP contribution in [-0.4, -0.2) is 38.1 Å². The molecule has 0 aromatic carbocycles. The summed E-state index contributed by atoms with van der Waals surface area (Å²) in [5.74, 6) is 1.92. The van der Waals surface area contributed by atoms with Crippen LogP contribution in [0.3, 0.4) is 0 Å². The fourth-order valence-electron chi connectivity index (χ4n) is 3.30. The summed E-state index contributed by atoms with van der Waals surface area (Å²) < 4.78 is 0. The van der Waals surface area contributed by atoms with E-state index in [-0.39, 0.29) is 0 Å². The van der Waals surface area contributed by atoms with Gasteiger partial charge in [0.1, 0.15) is 0 Å². The highest BCUT2D eigenvalue weighted by Crippen LogP contribution is 2.33. The van der Waals surface area contributed by atoms with Crippen LogP contribution < -0.4 is 5.32 Å². The molecule has 0 spiro atoms. The number of nitrogens with one attached hydrogen (secondary N) is 1. The maximum absolute atomic E-state index is 3.81. The van der Waals surface area contributed by atoms with E-state index < -0.39 is 0 Å². The fraction of sp³-hybridized carbons (Fsp3) is 1.00. The van der Waals surface area contributed by atoms with E-state index in [1.807, 2.05) is 0 Å². The lowest BCUT2D eigenvalue weighted by molar-refractivity contribution is 0.193. The zero-order valence-electron chi connectivity index (χ0n) is 13.0. The maximum atomic E-state index is 3.81. The Hall–Kier alpha value is -0.0800. The fourth-order valence-corrected chi connectivity index (χ4v) is 3.30. The van der Waals surface area contributed by atoms with Crippen LogP contribution in [0.5, 0.6) is 0 Å². The zero-order chi connectivity index (χ0) is 13.4. The van der Waals surface area contributed by atoms with Crippen molar-refractivity contribution in [2.75, 3.05) is 27.2 Å². The van der Waals surface area contributed by atoms with E-state index in [4.69, 9.17) is 0 Å². The summed E-state index contributed by atoms with van der Waals surface area (Å²) in [5.41, 5.74) is 0. The van der Waals surface area contributed by atoms with E-state index >= 15 is 0 Å². The molecule has 1 rings (SSSR count). The van der Waals surface area contributed by atoms with E-state index in [1.54, 1.807) is 0 Å². The van der Waals surface area contributed by atoms with Gasteiger partial charge < -0.3 is 10.2 Å². The third-order valence-electron chi connectivity index (χ3n) is 4.51. The molecule has 0 bridgehead atoms. The Morgan fingerprint density at radius 1 is 1.22 bits per heavy atom. The molecule has 0 aromatic rings. The van der Waals surface area contributed by atoms with Gasteiger partial charge in [0.2, 0.25) is 0 Å². The summed E-state index contributed by atoms with van der Waals surface area (Å²) in [5, 5.41) is 3.81. The second-order valence-electron chi connectivity index (χ2n) is 6.35. The second-order valence-corrected chi connectivity index (χ2v) is 6.35. The van der Waals surface area contributed by atoms with E-state index in [1.165, 1.54) is 58.0 Å². The third-order valence-corrected chi connectivity index (χ3v) is 4.51. The van der Waals surface area contributed by atoms with Crippen LogP contribution >= 0.6 is 0 Å². The van der Waals surface area contributed by atoms with Gasteiger partial charge in [-0.2, -0.15) is 0 Å². The minimum absolute atomic E-state index is 0.752. The summed E-state index contributed by atoms with van der Waals surface area (Å²) in [7, 11) is 4.37. The molecule has 2 nitrogen and oxygen atoms in total. The zero-order valence-corrected chi connectivity index (χ0v) is 13.0. The van der Waals surface area contributed by atoms with Crippen molar-refractivity contribution < 1.29 is 0 Å². The van der Waals surface area contributed by atoms with Crippen molar-refractivity contribution in [1.29, 1.82) is 0 Å². The van der Waals surface area contributed by atoms with Gasteiger partial charge in [-0.1, -0.05) is 33.1 Å². The van der Waals surface area contributed by atoms with Gasteiger partial charge in [0.15, 0.2) is 0 Å². The first kappa shape index (κ1) is 16.0. The summed E-state index contributed by atoms with van der Waals surface area (Å²) >= 11 is 0. The molecule has 1 saturated carbocycles. The number of rotatable bonds is 8. The molecule has 2 heteroatoms. The monoisotopic (exact) mass is 254 g/mol. The molecule has 0 amide bonds. The smallest absolute Gasteiger partial charge is 0.0108 e. The molecule has 1 aliphatic rings. The lowest BCUT2D eigenvalue weighted by Gasteiger charge is -2.35. The van der Waals surface area contributed by atoms with Crippen LogP contribution in [0.4, 0.5) is 0 Å². The molecule has 1 aliphatic carbocycles. The first-order valence-electron chi connectivity index (χ1n) is 8.05. The molecule has 3 atom stereocenters. The average Bonchev–Trinajstić information content (AvgIpc) is 2.38. The summed E-state index contributed by atoms with van der Waals surface area (Å²) in [4.78, 5) is 2.32. The van der Waals surface area contributed by atoms with Crippen molar-refractivity contribution in [2.24, 2.45) is 11.8 Å². The maximum Gasteiger partial charge on any atom is 0.0108 e. The van der Waals surface area contributed by atoms with Crippen molar-refractivity contribution in [1.82, 2.24) is 10.2 Å². The Morgan fingerprint density at radius 2 is 2.00 bits per heavy atom. The van der Waals surface area contributed by atoms with Crippen LogP contribution in [0.15, 0.2) is 0 Å². The van der Waals surface area contributed by atoms with Gasteiger partial charge in [0, 0.05) is 6.04 Å². The number of hydrogen-bond acceptors (Lipinski definition) is 2. The molecule has 108 valence electrons. The normalized spacial score (nSPS) is 26.5. The van der Waals surface area contributed by atoms with Crippen LogP contribution in [-0.2, 0) is 0 Å². The summed E-state index contributed by atoms with van der Waals surface area (Å²) in [6.45, 7) is 7.03. The number of nitrogens with zero attached hydrogens (tertiary/aromatic N) is 1. The molecule has 0 saturated heterocycles. The first-order valence-corrected chi connectivity index (χ1v) is 8.05. The van der Waals surface area contributed by atoms with Gasteiger partial charge in [0.05, 0.1) is 0 Å². The largest absolute Gasteiger partial charge is 0.314 e. The predicted molar refractivity (Wildman–Crippen MR) is 81.0 cm³/mol. The Bertz CT molecular complexity index is 203. The highest BCUT2D eigenvalue weighted by atomic mass is 15.1. The second kappa shape index (κ2) is 8.92. The minimum Gasteiger partial charge on any atom is -0.314 e. The summed E-state index contributed by atoms with van der Waals surface area (Å²) in [6.07, 6.45) is 9.79. The van der Waals surface area contributed by atoms with E-state index in [0.717, 1.165) is 17.9 Å². The number of hydrogen-bond donors (Lipinski definition) is 1. The Morgan fingerprint density at radius 3 is 2.61 bits per heavy atom. The third kappa shape index (κ3) is 5.71. The standard InChI is InChI=1S/C16H34N2/c1-5-11-17-16(10-12-18(3)4)15-9-7-8-14(6-2)13-15/h14-17H,5-13H2,1-4H3. The van der Waals surface area contributed by atoms with E-state index in [2.05, 4.69) is 38.2 Å². The topological polar surface area (TPSA) is 15.3 Å². The van der Waals surface area contributed by atoms with Gasteiger partial charge in [-0.05, 0) is 64.7 Å². The highest BCUT2D eigenvalue weighted by molar-refractivity contribution is 4.82. The van der Waals surface area contributed by atoms with Crippen molar-refractivity contribution in [2.45, 2.75) is 64.8 Å². The Labute approximate surface area is 115 Å².